The van der Waals surface area contributed by atoms with Crippen molar-refractivity contribution in [3.05, 3.63) is 18.2 Å². The lowest BCUT2D eigenvalue weighted by Crippen LogP contribution is -2.47. The fraction of sp³-hybridized carbons (Fsp3) is 0.714. The van der Waals surface area contributed by atoms with E-state index < -0.39 is 36.5 Å². The van der Waals surface area contributed by atoms with Gasteiger partial charge in [-0.05, 0) is 38.6 Å². The molecule has 0 spiro atoms. The Kier molecular flexibility index (Phi) is 22.5. The van der Waals surface area contributed by atoms with Gasteiger partial charge in [0.25, 0.3) is 0 Å². The van der Waals surface area contributed by atoms with Crippen molar-refractivity contribution in [1.82, 2.24) is 31.2 Å². The van der Waals surface area contributed by atoms with Crippen LogP contribution in [0.4, 0.5) is 0 Å². The smallest absolute Gasteiger partial charge is 0.326 e. The van der Waals surface area contributed by atoms with Crippen LogP contribution in [-0.4, -0.2) is 129 Å². The van der Waals surface area contributed by atoms with Gasteiger partial charge in [0.1, 0.15) is 25.3 Å². The van der Waals surface area contributed by atoms with Gasteiger partial charge in [-0.3, -0.25) is 19.2 Å². The lowest BCUT2D eigenvalue weighted by atomic mass is 10.1. The summed E-state index contributed by atoms with van der Waals surface area (Å²) in [5.41, 5.74) is 6.14. The molecule has 4 amide bonds. The highest BCUT2D eigenvalue weighted by atomic mass is 16.5. The zero-order valence-corrected chi connectivity index (χ0v) is 26.0. The van der Waals surface area contributed by atoms with Gasteiger partial charge in [-0.25, -0.2) is 9.78 Å². The first-order valence-electron chi connectivity index (χ1n) is 15.0. The number of aliphatic carboxylic acids is 1. The highest BCUT2D eigenvalue weighted by Gasteiger charge is 2.21. The van der Waals surface area contributed by atoms with E-state index in [0.717, 1.165) is 5.69 Å². The van der Waals surface area contributed by atoms with Crippen molar-refractivity contribution in [3.63, 3.8) is 0 Å². The number of nitrogens with two attached hydrogens (primary N) is 1. The zero-order valence-electron chi connectivity index (χ0n) is 26.0. The number of imidazole rings is 1. The van der Waals surface area contributed by atoms with Gasteiger partial charge in [0.15, 0.2) is 0 Å². The molecule has 0 unspecified atom stereocenters. The maximum absolute atomic E-state index is 12.4. The Morgan fingerprint density at radius 1 is 0.822 bits per heavy atom. The molecule has 17 nitrogen and oxygen atoms in total. The molecule has 0 saturated carbocycles. The first-order valence-corrected chi connectivity index (χ1v) is 15.0. The minimum absolute atomic E-state index is 0.268. The van der Waals surface area contributed by atoms with Gasteiger partial charge < -0.3 is 56.0 Å². The number of ether oxygens (including phenoxy) is 4. The van der Waals surface area contributed by atoms with Crippen LogP contribution in [0.5, 0.6) is 0 Å². The second-order valence-electron chi connectivity index (χ2n) is 9.95. The van der Waals surface area contributed by atoms with Crippen LogP contribution in [0.15, 0.2) is 12.5 Å². The molecule has 8 N–H and O–H groups in total. The summed E-state index contributed by atoms with van der Waals surface area (Å²) in [6.07, 6.45) is 6.12. The maximum atomic E-state index is 12.4. The molecule has 1 rings (SSSR count). The van der Waals surface area contributed by atoms with Crippen LogP contribution >= 0.6 is 0 Å². The van der Waals surface area contributed by atoms with Crippen molar-refractivity contribution in [3.8, 4) is 0 Å². The summed E-state index contributed by atoms with van der Waals surface area (Å²) in [6, 6.07) is -1.71. The van der Waals surface area contributed by atoms with Crippen molar-refractivity contribution in [2.75, 3.05) is 72.5 Å². The number of hydrogen-bond donors (Lipinski definition) is 7. The Morgan fingerprint density at radius 3 is 2.02 bits per heavy atom. The molecule has 0 aliphatic carbocycles. The first kappa shape index (κ1) is 39.4. The van der Waals surface area contributed by atoms with Gasteiger partial charge >= 0.3 is 5.97 Å². The number of hydrogen-bond acceptors (Lipinski definition) is 11. The van der Waals surface area contributed by atoms with Gasteiger partial charge in [0.05, 0.1) is 32.8 Å². The summed E-state index contributed by atoms with van der Waals surface area (Å²) in [4.78, 5) is 65.5. The van der Waals surface area contributed by atoms with Crippen LogP contribution < -0.4 is 27.0 Å². The highest BCUT2D eigenvalue weighted by molar-refractivity contribution is 5.87. The summed E-state index contributed by atoms with van der Waals surface area (Å²) < 4.78 is 21.4. The number of aromatic amines is 1. The van der Waals surface area contributed by atoms with E-state index in [1.165, 1.54) is 13.3 Å². The third-order valence-corrected chi connectivity index (χ3v) is 6.02. The number of unbranched alkanes of at least 4 members (excludes halogenated alkanes) is 1. The SMILES string of the molecule is CC(=O)N[C@@H](Cc1cnc[nH]1)C(=O)NCCCOCCOCCOCCCNC(=O)COCC(=O)N[C@@H](CCCCN)C(=O)O. The molecule has 1 heterocycles. The second kappa shape index (κ2) is 25.7. The van der Waals surface area contributed by atoms with Crippen molar-refractivity contribution < 1.29 is 48.0 Å². The van der Waals surface area contributed by atoms with Gasteiger partial charge in [-0.2, -0.15) is 0 Å². The van der Waals surface area contributed by atoms with Crippen LogP contribution in [-0.2, 0) is 49.3 Å². The second-order valence-corrected chi connectivity index (χ2v) is 9.95. The zero-order chi connectivity index (χ0) is 33.1. The molecule has 0 fully saturated rings. The van der Waals surface area contributed by atoms with Crippen LogP contribution in [0.2, 0.25) is 0 Å². The summed E-state index contributed by atoms with van der Waals surface area (Å²) in [5.74, 6) is -2.71. The number of carboxylic acid groups (broad SMARTS) is 1. The Labute approximate surface area is 263 Å². The molecule has 17 heteroatoms. The molecule has 256 valence electrons. The van der Waals surface area contributed by atoms with Crippen molar-refractivity contribution >= 4 is 29.6 Å². The van der Waals surface area contributed by atoms with Crippen molar-refractivity contribution in [2.45, 2.75) is 57.5 Å². The van der Waals surface area contributed by atoms with E-state index in [0.29, 0.717) is 91.4 Å². The Bertz CT molecular complexity index is 981. The largest absolute Gasteiger partial charge is 0.480 e. The number of carboxylic acids is 1. The molecule has 45 heavy (non-hydrogen) atoms. The summed E-state index contributed by atoms with van der Waals surface area (Å²) >= 11 is 0. The quantitative estimate of drug-likeness (QED) is 0.0502. The van der Waals surface area contributed by atoms with Crippen LogP contribution in [0.3, 0.4) is 0 Å². The van der Waals surface area contributed by atoms with E-state index in [1.54, 1.807) is 6.20 Å². The number of rotatable bonds is 28. The molecule has 0 bridgehead atoms. The number of amides is 4. The molecule has 0 saturated heterocycles. The van der Waals surface area contributed by atoms with Crippen LogP contribution in [0.25, 0.3) is 0 Å². The fourth-order valence-electron chi connectivity index (χ4n) is 3.80. The minimum Gasteiger partial charge on any atom is -0.480 e. The molecular formula is C28H49N7O10. The van der Waals surface area contributed by atoms with Gasteiger partial charge in [0, 0.05) is 51.5 Å². The van der Waals surface area contributed by atoms with E-state index in [1.807, 2.05) is 0 Å². The lowest BCUT2D eigenvalue weighted by molar-refractivity contribution is -0.143. The fourth-order valence-corrected chi connectivity index (χ4v) is 3.80. The maximum Gasteiger partial charge on any atom is 0.326 e. The van der Waals surface area contributed by atoms with Crippen LogP contribution in [0.1, 0.15) is 44.7 Å². The standard InChI is InChI=1S/C28H49N7O10/c1-21(36)34-24(16-22-17-30-20-33-22)27(39)32-9-5-11-43-13-15-44-14-12-42-10-4-8-31-25(37)18-45-19-26(38)35-23(28(40)41)6-2-3-7-29/h17,20,23-24H,2-16,18-19,29H2,1H3,(H,30,33)(H,31,37)(H,32,39)(H,34,36)(H,35,38)(H,40,41)/t23-,24-/m0/s1. The summed E-state index contributed by atoms with van der Waals surface area (Å²) in [5, 5.41) is 19.6. The number of aromatic nitrogens is 2. The summed E-state index contributed by atoms with van der Waals surface area (Å²) in [7, 11) is 0. The predicted octanol–water partition coefficient (Wildman–Crippen LogP) is -1.77. The average Bonchev–Trinajstić information content (AvgIpc) is 3.51. The number of H-pyrrole nitrogens is 1. The summed E-state index contributed by atoms with van der Waals surface area (Å²) in [6.45, 7) is 4.25. The molecule has 1 aromatic heterocycles. The van der Waals surface area contributed by atoms with E-state index in [2.05, 4.69) is 31.2 Å². The first-order chi connectivity index (χ1) is 21.7. The third-order valence-electron chi connectivity index (χ3n) is 6.02. The number of nitrogens with zero attached hydrogens (tertiary/aromatic N) is 1. The number of carbonyl (C=O) groups excluding carboxylic acids is 4. The van der Waals surface area contributed by atoms with E-state index in [-0.39, 0.29) is 24.8 Å². The Balaban J connectivity index is 1.93. The molecule has 2 atom stereocenters. The lowest BCUT2D eigenvalue weighted by Gasteiger charge is -2.17. The van der Waals surface area contributed by atoms with Gasteiger partial charge in [-0.15, -0.1) is 0 Å². The molecule has 0 aliphatic rings. The Hall–Kier alpha value is -3.64. The molecule has 0 aromatic carbocycles. The molecule has 0 radical (unpaired) electrons. The van der Waals surface area contributed by atoms with Crippen LogP contribution in [0, 0.1) is 0 Å². The van der Waals surface area contributed by atoms with E-state index in [4.69, 9.17) is 29.8 Å². The number of nitrogens with one attached hydrogen (secondary N) is 5. The average molecular weight is 644 g/mol. The molecule has 0 aliphatic heterocycles. The van der Waals surface area contributed by atoms with Gasteiger partial charge in [-0.1, -0.05) is 0 Å². The van der Waals surface area contributed by atoms with Crippen molar-refractivity contribution in [1.29, 1.82) is 0 Å². The van der Waals surface area contributed by atoms with E-state index >= 15 is 0 Å². The van der Waals surface area contributed by atoms with Gasteiger partial charge in [0.2, 0.25) is 23.6 Å². The van der Waals surface area contributed by atoms with E-state index in [9.17, 15) is 24.0 Å². The predicted molar refractivity (Wildman–Crippen MR) is 161 cm³/mol. The normalized spacial score (nSPS) is 12.2. The minimum atomic E-state index is -1.13. The Morgan fingerprint density at radius 2 is 1.44 bits per heavy atom. The highest BCUT2D eigenvalue weighted by Crippen LogP contribution is 2.01. The monoisotopic (exact) mass is 643 g/mol. The molecular weight excluding hydrogens is 594 g/mol. The van der Waals surface area contributed by atoms with Crippen molar-refractivity contribution in [2.24, 2.45) is 5.73 Å². The molecule has 1 aromatic rings. The third kappa shape index (κ3) is 21.7. The topological polar surface area (TPSA) is 245 Å². The number of carbonyl (C=O) groups is 5.